The number of aromatic amines is 1. The molecule has 1 unspecified atom stereocenters. The van der Waals surface area contributed by atoms with Crippen molar-refractivity contribution in [1.29, 1.82) is 0 Å². The predicted molar refractivity (Wildman–Crippen MR) is 81.5 cm³/mol. The summed E-state index contributed by atoms with van der Waals surface area (Å²) in [7, 11) is 0. The molecule has 4 N–H and O–H groups in total. The van der Waals surface area contributed by atoms with Crippen LogP contribution in [0.2, 0.25) is 0 Å². The molecule has 1 aromatic carbocycles. The first-order chi connectivity index (χ1) is 9.74. The van der Waals surface area contributed by atoms with Crippen LogP contribution in [0.4, 0.5) is 5.69 Å². The van der Waals surface area contributed by atoms with E-state index < -0.39 is 0 Å². The van der Waals surface area contributed by atoms with Gasteiger partial charge in [0.1, 0.15) is 0 Å². The summed E-state index contributed by atoms with van der Waals surface area (Å²) in [6, 6.07) is 5.55. The molecule has 1 heterocycles. The van der Waals surface area contributed by atoms with Crippen LogP contribution in [0.1, 0.15) is 29.6 Å². The van der Waals surface area contributed by atoms with E-state index in [-0.39, 0.29) is 5.91 Å². The lowest BCUT2D eigenvalue weighted by molar-refractivity contribution is 0.0948. The zero-order valence-corrected chi connectivity index (χ0v) is 11.4. The molecule has 0 bridgehead atoms. The maximum atomic E-state index is 12.3. The number of aromatic nitrogens is 1. The Kier molecular flexibility index (Phi) is 3.46. The molecular formula is C16H19N3O. The molecule has 1 amide bonds. The zero-order chi connectivity index (χ0) is 13.9. The van der Waals surface area contributed by atoms with Crippen LogP contribution in [0.5, 0.6) is 0 Å². The minimum Gasteiger partial charge on any atom is -0.399 e. The van der Waals surface area contributed by atoms with E-state index in [9.17, 15) is 4.79 Å². The maximum Gasteiger partial charge on any atom is 0.253 e. The highest BCUT2D eigenvalue weighted by atomic mass is 16.1. The molecule has 4 heteroatoms. The van der Waals surface area contributed by atoms with E-state index in [0.717, 1.165) is 36.7 Å². The van der Waals surface area contributed by atoms with Crippen LogP contribution in [-0.2, 0) is 0 Å². The fourth-order valence-electron chi connectivity index (χ4n) is 2.71. The van der Waals surface area contributed by atoms with Crippen molar-refractivity contribution in [2.45, 2.75) is 19.3 Å². The Bertz CT molecular complexity index is 657. The molecule has 0 aliphatic heterocycles. The molecule has 1 aromatic heterocycles. The molecule has 0 spiro atoms. The first kappa shape index (κ1) is 12.8. The molecule has 0 radical (unpaired) electrons. The van der Waals surface area contributed by atoms with E-state index >= 15 is 0 Å². The van der Waals surface area contributed by atoms with E-state index in [1.165, 1.54) is 0 Å². The minimum atomic E-state index is -0.0180. The molecule has 1 atom stereocenters. The van der Waals surface area contributed by atoms with Crippen LogP contribution in [0.25, 0.3) is 10.9 Å². The number of nitrogens with two attached hydrogens (primary N) is 1. The second kappa shape index (κ2) is 5.41. The van der Waals surface area contributed by atoms with Gasteiger partial charge in [-0.1, -0.05) is 12.2 Å². The predicted octanol–water partition coefficient (Wildman–Crippen LogP) is 2.84. The SMILES string of the molecule is Nc1ccc2c(C(=O)NCC3CC=CCC3)c[nH]c2c1. The monoisotopic (exact) mass is 269 g/mol. The Balaban J connectivity index is 1.70. The number of benzene rings is 1. The highest BCUT2D eigenvalue weighted by Gasteiger charge is 2.15. The van der Waals surface area contributed by atoms with Crippen LogP contribution >= 0.6 is 0 Å². The highest BCUT2D eigenvalue weighted by molar-refractivity contribution is 6.07. The third-order valence-electron chi connectivity index (χ3n) is 3.88. The quantitative estimate of drug-likeness (QED) is 0.592. The molecule has 104 valence electrons. The van der Waals surface area contributed by atoms with E-state index in [1.807, 2.05) is 18.2 Å². The van der Waals surface area contributed by atoms with Gasteiger partial charge in [-0.2, -0.15) is 0 Å². The number of nitrogen functional groups attached to an aromatic ring is 1. The van der Waals surface area contributed by atoms with Gasteiger partial charge in [0.2, 0.25) is 0 Å². The summed E-state index contributed by atoms with van der Waals surface area (Å²) in [6.07, 6.45) is 9.50. The molecule has 0 saturated carbocycles. The lowest BCUT2D eigenvalue weighted by Crippen LogP contribution is -2.29. The summed E-state index contributed by atoms with van der Waals surface area (Å²) in [5.41, 5.74) is 8.02. The second-order valence-corrected chi connectivity index (χ2v) is 5.37. The third kappa shape index (κ3) is 2.54. The van der Waals surface area contributed by atoms with E-state index in [0.29, 0.717) is 17.2 Å². The summed E-state index contributed by atoms with van der Waals surface area (Å²) in [5.74, 6) is 0.542. The summed E-state index contributed by atoms with van der Waals surface area (Å²) >= 11 is 0. The number of carbonyl (C=O) groups is 1. The van der Waals surface area contributed by atoms with Gasteiger partial charge >= 0.3 is 0 Å². The summed E-state index contributed by atoms with van der Waals surface area (Å²) < 4.78 is 0. The van der Waals surface area contributed by atoms with Crippen molar-refractivity contribution in [2.24, 2.45) is 5.92 Å². The fraction of sp³-hybridized carbons (Fsp3) is 0.312. The third-order valence-corrected chi connectivity index (χ3v) is 3.88. The molecule has 20 heavy (non-hydrogen) atoms. The molecule has 4 nitrogen and oxygen atoms in total. The first-order valence-corrected chi connectivity index (χ1v) is 7.04. The number of rotatable bonds is 3. The molecule has 0 fully saturated rings. The normalized spacial score (nSPS) is 18.3. The second-order valence-electron chi connectivity index (χ2n) is 5.37. The maximum absolute atomic E-state index is 12.3. The van der Waals surface area contributed by atoms with Gasteiger partial charge in [-0.15, -0.1) is 0 Å². The summed E-state index contributed by atoms with van der Waals surface area (Å²) in [6.45, 7) is 0.741. The smallest absolute Gasteiger partial charge is 0.253 e. The number of fused-ring (bicyclic) bond motifs is 1. The van der Waals surface area contributed by atoms with Crippen molar-refractivity contribution >= 4 is 22.5 Å². The zero-order valence-electron chi connectivity index (χ0n) is 11.4. The standard InChI is InChI=1S/C16H19N3O/c17-12-6-7-13-14(10-18-15(13)8-12)16(20)19-9-11-4-2-1-3-5-11/h1-2,6-8,10-11,18H,3-5,9,17H2,(H,19,20). The molecule has 0 saturated heterocycles. The number of hydrogen-bond acceptors (Lipinski definition) is 2. The molecular weight excluding hydrogens is 250 g/mol. The van der Waals surface area contributed by atoms with Gasteiger partial charge in [-0.05, 0) is 43.4 Å². The van der Waals surface area contributed by atoms with Gasteiger partial charge in [-0.25, -0.2) is 0 Å². The number of anilines is 1. The largest absolute Gasteiger partial charge is 0.399 e. The molecule has 2 aromatic rings. The van der Waals surface area contributed by atoms with Gasteiger partial charge in [0, 0.05) is 29.3 Å². The molecule has 1 aliphatic carbocycles. The van der Waals surface area contributed by atoms with Crippen molar-refractivity contribution in [3.63, 3.8) is 0 Å². The average molecular weight is 269 g/mol. The number of allylic oxidation sites excluding steroid dienone is 2. The minimum absolute atomic E-state index is 0.0180. The summed E-state index contributed by atoms with van der Waals surface area (Å²) in [4.78, 5) is 15.4. The average Bonchev–Trinajstić information content (AvgIpc) is 2.89. The van der Waals surface area contributed by atoms with Crippen molar-refractivity contribution in [1.82, 2.24) is 10.3 Å². The van der Waals surface area contributed by atoms with Crippen LogP contribution in [-0.4, -0.2) is 17.4 Å². The fourth-order valence-corrected chi connectivity index (χ4v) is 2.71. The number of hydrogen-bond donors (Lipinski definition) is 3. The van der Waals surface area contributed by atoms with Crippen molar-refractivity contribution in [3.05, 3.63) is 42.1 Å². The van der Waals surface area contributed by atoms with Crippen molar-refractivity contribution in [2.75, 3.05) is 12.3 Å². The van der Waals surface area contributed by atoms with Gasteiger partial charge in [0.05, 0.1) is 5.56 Å². The Morgan fingerprint density at radius 2 is 2.30 bits per heavy atom. The number of carbonyl (C=O) groups excluding carboxylic acids is 1. The van der Waals surface area contributed by atoms with Crippen molar-refractivity contribution < 1.29 is 4.79 Å². The van der Waals surface area contributed by atoms with E-state index in [2.05, 4.69) is 22.5 Å². The van der Waals surface area contributed by atoms with Gasteiger partial charge in [0.25, 0.3) is 5.91 Å². The van der Waals surface area contributed by atoms with Crippen LogP contribution in [0.15, 0.2) is 36.5 Å². The molecule has 3 rings (SSSR count). The van der Waals surface area contributed by atoms with Crippen molar-refractivity contribution in [3.8, 4) is 0 Å². The Morgan fingerprint density at radius 3 is 3.10 bits per heavy atom. The first-order valence-electron chi connectivity index (χ1n) is 7.04. The summed E-state index contributed by atoms with van der Waals surface area (Å²) in [5, 5.41) is 3.95. The van der Waals surface area contributed by atoms with Gasteiger partial charge < -0.3 is 16.0 Å². The van der Waals surface area contributed by atoms with Crippen LogP contribution in [0.3, 0.4) is 0 Å². The number of H-pyrrole nitrogens is 1. The van der Waals surface area contributed by atoms with E-state index in [1.54, 1.807) is 6.20 Å². The highest BCUT2D eigenvalue weighted by Crippen LogP contribution is 2.21. The van der Waals surface area contributed by atoms with Gasteiger partial charge in [0.15, 0.2) is 0 Å². The van der Waals surface area contributed by atoms with Crippen LogP contribution in [0, 0.1) is 5.92 Å². The van der Waals surface area contributed by atoms with Gasteiger partial charge in [-0.3, -0.25) is 4.79 Å². The molecule has 1 aliphatic rings. The topological polar surface area (TPSA) is 70.9 Å². The van der Waals surface area contributed by atoms with Crippen LogP contribution < -0.4 is 11.1 Å². The number of amides is 1. The Hall–Kier alpha value is -2.23. The lowest BCUT2D eigenvalue weighted by atomic mass is 9.94. The van der Waals surface area contributed by atoms with E-state index in [4.69, 9.17) is 5.73 Å². The lowest BCUT2D eigenvalue weighted by Gasteiger charge is -2.17. The number of nitrogens with one attached hydrogen (secondary N) is 2. The Labute approximate surface area is 118 Å². The Morgan fingerprint density at radius 1 is 1.40 bits per heavy atom.